The summed E-state index contributed by atoms with van der Waals surface area (Å²) in [5.41, 5.74) is 2.72. The van der Waals surface area contributed by atoms with Crippen LogP contribution in [0.4, 0.5) is 13.2 Å². The molecule has 0 aromatic carbocycles. The molecule has 0 atom stereocenters. The van der Waals surface area contributed by atoms with E-state index in [1.165, 1.54) is 12.4 Å². The molecule has 0 unspecified atom stereocenters. The van der Waals surface area contributed by atoms with Gasteiger partial charge in [-0.25, -0.2) is 0 Å². The van der Waals surface area contributed by atoms with Gasteiger partial charge in [0.25, 0.3) is 0 Å². The normalized spacial score (nSPS) is 12.1. The second-order valence-corrected chi connectivity index (χ2v) is 4.68. The van der Waals surface area contributed by atoms with Crippen LogP contribution in [0.3, 0.4) is 0 Å². The van der Waals surface area contributed by atoms with E-state index in [-0.39, 0.29) is 0 Å². The summed E-state index contributed by atoms with van der Waals surface area (Å²) < 4.78 is 39.2. The highest BCUT2D eigenvalue weighted by atomic mass is 19.4. The van der Waals surface area contributed by atoms with E-state index in [0.29, 0.717) is 13.1 Å². The molecule has 20 heavy (non-hydrogen) atoms. The Labute approximate surface area is 114 Å². The van der Waals surface area contributed by atoms with Crippen LogP contribution in [0.15, 0.2) is 18.6 Å². The van der Waals surface area contributed by atoms with E-state index in [0.717, 1.165) is 21.5 Å². The summed E-state index contributed by atoms with van der Waals surface area (Å²) in [6.07, 6.45) is 0.504. The number of hydrogen-bond donors (Lipinski definition) is 1. The van der Waals surface area contributed by atoms with Crippen LogP contribution in [-0.4, -0.2) is 25.7 Å². The lowest BCUT2D eigenvalue weighted by atomic mass is 10.2. The molecule has 0 bridgehead atoms. The van der Waals surface area contributed by atoms with E-state index in [1.54, 1.807) is 4.68 Å². The van der Waals surface area contributed by atoms with Gasteiger partial charge in [0, 0.05) is 43.7 Å². The highest BCUT2D eigenvalue weighted by Gasteiger charge is 2.28. The average molecular weight is 287 g/mol. The Hall–Kier alpha value is -1.83. The summed E-state index contributed by atoms with van der Waals surface area (Å²) in [6, 6.07) is 0. The molecule has 0 aliphatic heterocycles. The lowest BCUT2D eigenvalue weighted by Gasteiger charge is -2.05. The van der Waals surface area contributed by atoms with Crippen LogP contribution in [0.1, 0.15) is 16.8 Å². The largest absolute Gasteiger partial charge is 0.408 e. The molecule has 0 spiro atoms. The van der Waals surface area contributed by atoms with E-state index in [2.05, 4.69) is 15.5 Å². The SMILES string of the molecule is Cc1nn(C)cc1CNCc1cnn(CC(F)(F)F)c1. The molecule has 2 aromatic heterocycles. The first kappa shape index (κ1) is 14.6. The first-order valence-corrected chi connectivity index (χ1v) is 6.11. The molecule has 5 nitrogen and oxygen atoms in total. The summed E-state index contributed by atoms with van der Waals surface area (Å²) in [5.74, 6) is 0. The van der Waals surface area contributed by atoms with Crippen molar-refractivity contribution >= 4 is 0 Å². The van der Waals surface area contributed by atoms with Crippen LogP contribution >= 0.6 is 0 Å². The molecular formula is C12H16F3N5. The Balaban J connectivity index is 1.84. The minimum atomic E-state index is -4.25. The Kier molecular flexibility index (Phi) is 4.12. The van der Waals surface area contributed by atoms with Gasteiger partial charge in [0.1, 0.15) is 6.54 Å². The van der Waals surface area contributed by atoms with Crippen LogP contribution in [0.25, 0.3) is 0 Å². The number of hydrogen-bond acceptors (Lipinski definition) is 3. The van der Waals surface area contributed by atoms with Crippen LogP contribution < -0.4 is 5.32 Å². The highest BCUT2D eigenvalue weighted by molar-refractivity contribution is 5.15. The number of halogens is 3. The van der Waals surface area contributed by atoms with Crippen molar-refractivity contribution in [3.8, 4) is 0 Å². The molecular weight excluding hydrogens is 271 g/mol. The fraction of sp³-hybridized carbons (Fsp3) is 0.500. The van der Waals surface area contributed by atoms with Crippen molar-refractivity contribution in [2.24, 2.45) is 7.05 Å². The number of rotatable bonds is 5. The molecule has 1 N–H and O–H groups in total. The third-order valence-corrected chi connectivity index (χ3v) is 2.79. The fourth-order valence-corrected chi connectivity index (χ4v) is 1.93. The second kappa shape index (κ2) is 5.66. The molecule has 2 heterocycles. The Bertz CT molecular complexity index is 570. The predicted octanol–water partition coefficient (Wildman–Crippen LogP) is 1.78. The minimum absolute atomic E-state index is 0.464. The van der Waals surface area contributed by atoms with Crippen LogP contribution in [-0.2, 0) is 26.7 Å². The summed E-state index contributed by atoms with van der Waals surface area (Å²) >= 11 is 0. The second-order valence-electron chi connectivity index (χ2n) is 4.68. The summed E-state index contributed by atoms with van der Waals surface area (Å²) in [7, 11) is 1.84. The van der Waals surface area contributed by atoms with Crippen molar-refractivity contribution in [3.63, 3.8) is 0 Å². The number of nitrogens with zero attached hydrogens (tertiary/aromatic N) is 4. The molecule has 0 aliphatic carbocycles. The van der Waals surface area contributed by atoms with Crippen LogP contribution in [0.5, 0.6) is 0 Å². The van der Waals surface area contributed by atoms with Gasteiger partial charge in [0.05, 0.1) is 11.9 Å². The Morgan fingerprint density at radius 2 is 2.00 bits per heavy atom. The van der Waals surface area contributed by atoms with Crippen molar-refractivity contribution in [3.05, 3.63) is 35.4 Å². The lowest BCUT2D eigenvalue weighted by molar-refractivity contribution is -0.142. The highest BCUT2D eigenvalue weighted by Crippen LogP contribution is 2.17. The van der Waals surface area contributed by atoms with Crippen molar-refractivity contribution in [1.82, 2.24) is 24.9 Å². The van der Waals surface area contributed by atoms with Gasteiger partial charge in [-0.2, -0.15) is 23.4 Å². The van der Waals surface area contributed by atoms with E-state index in [9.17, 15) is 13.2 Å². The van der Waals surface area contributed by atoms with Gasteiger partial charge in [0.2, 0.25) is 0 Å². The van der Waals surface area contributed by atoms with Crippen molar-refractivity contribution < 1.29 is 13.2 Å². The standard InChI is InChI=1S/C12H16F3N5/c1-9-11(7-19(2)18-9)5-16-3-10-4-17-20(6-10)8-12(13,14)15/h4,6-7,16H,3,5,8H2,1-2H3. The van der Waals surface area contributed by atoms with Gasteiger partial charge in [0.15, 0.2) is 0 Å². The zero-order valence-electron chi connectivity index (χ0n) is 11.3. The third-order valence-electron chi connectivity index (χ3n) is 2.79. The quantitative estimate of drug-likeness (QED) is 0.912. The van der Waals surface area contributed by atoms with Gasteiger partial charge in [-0.05, 0) is 6.92 Å². The molecule has 0 saturated heterocycles. The molecule has 8 heteroatoms. The van der Waals surface area contributed by atoms with E-state index in [1.807, 2.05) is 20.2 Å². The topological polar surface area (TPSA) is 47.7 Å². The Morgan fingerprint density at radius 3 is 2.60 bits per heavy atom. The summed E-state index contributed by atoms with van der Waals surface area (Å²) in [5, 5.41) is 11.1. The Morgan fingerprint density at radius 1 is 1.25 bits per heavy atom. The maximum Gasteiger partial charge on any atom is 0.408 e. The van der Waals surface area contributed by atoms with Crippen molar-refractivity contribution in [1.29, 1.82) is 0 Å². The molecule has 0 amide bonds. The van der Waals surface area contributed by atoms with Gasteiger partial charge >= 0.3 is 6.18 Å². The van der Waals surface area contributed by atoms with Crippen LogP contribution in [0, 0.1) is 6.92 Å². The zero-order chi connectivity index (χ0) is 14.8. The molecule has 2 rings (SSSR count). The van der Waals surface area contributed by atoms with Gasteiger partial charge in [-0.1, -0.05) is 0 Å². The predicted molar refractivity (Wildman–Crippen MR) is 66.8 cm³/mol. The zero-order valence-corrected chi connectivity index (χ0v) is 11.3. The van der Waals surface area contributed by atoms with Gasteiger partial charge in [-0.15, -0.1) is 0 Å². The van der Waals surface area contributed by atoms with Crippen LogP contribution in [0.2, 0.25) is 0 Å². The van der Waals surface area contributed by atoms with Crippen molar-refractivity contribution in [2.45, 2.75) is 32.7 Å². The molecule has 0 fully saturated rings. The number of aryl methyl sites for hydroxylation is 2. The van der Waals surface area contributed by atoms with Gasteiger partial charge in [-0.3, -0.25) is 9.36 Å². The number of aromatic nitrogens is 4. The average Bonchev–Trinajstić information content (AvgIpc) is 2.84. The maximum absolute atomic E-state index is 12.2. The molecule has 0 radical (unpaired) electrons. The summed E-state index contributed by atoms with van der Waals surface area (Å²) in [6.45, 7) is 1.93. The van der Waals surface area contributed by atoms with E-state index < -0.39 is 12.7 Å². The number of nitrogens with one attached hydrogen (secondary N) is 1. The first-order chi connectivity index (χ1) is 9.33. The smallest absolute Gasteiger partial charge is 0.308 e. The van der Waals surface area contributed by atoms with E-state index >= 15 is 0 Å². The van der Waals surface area contributed by atoms with Crippen molar-refractivity contribution in [2.75, 3.05) is 0 Å². The number of alkyl halides is 3. The third kappa shape index (κ3) is 4.09. The first-order valence-electron chi connectivity index (χ1n) is 6.11. The summed E-state index contributed by atoms with van der Waals surface area (Å²) in [4.78, 5) is 0. The van der Waals surface area contributed by atoms with Gasteiger partial charge < -0.3 is 5.32 Å². The molecule has 2 aromatic rings. The molecule has 110 valence electrons. The monoisotopic (exact) mass is 287 g/mol. The molecule has 0 aliphatic rings. The minimum Gasteiger partial charge on any atom is -0.308 e. The van der Waals surface area contributed by atoms with E-state index in [4.69, 9.17) is 0 Å². The fourth-order valence-electron chi connectivity index (χ4n) is 1.93. The lowest BCUT2D eigenvalue weighted by Crippen LogP contribution is -2.18. The molecule has 0 saturated carbocycles. The maximum atomic E-state index is 12.2.